The van der Waals surface area contributed by atoms with Crippen molar-refractivity contribution in [2.24, 2.45) is 11.7 Å². The fourth-order valence-electron chi connectivity index (χ4n) is 5.69. The minimum atomic E-state index is -1.77. The molecule has 1 aromatic heterocycles. The lowest BCUT2D eigenvalue weighted by molar-refractivity contribution is -0.143. The highest BCUT2D eigenvalue weighted by atomic mass is 16.4. The molecular formula is C37H53N9O13. The van der Waals surface area contributed by atoms with E-state index in [-0.39, 0.29) is 12.8 Å². The Bertz CT molecular complexity index is 1880. The van der Waals surface area contributed by atoms with Gasteiger partial charge in [0.05, 0.1) is 13.0 Å². The molecule has 2 rings (SSSR count). The number of para-hydroxylation sites is 1. The number of benzene rings is 1. The van der Waals surface area contributed by atoms with Gasteiger partial charge in [-0.3, -0.25) is 43.2 Å². The molecule has 0 aliphatic rings. The number of aromatic nitrogens is 1. The molecule has 0 bridgehead atoms. The summed E-state index contributed by atoms with van der Waals surface area (Å²) in [6, 6.07) is -3.33. The highest BCUT2D eigenvalue weighted by Crippen LogP contribution is 2.19. The van der Waals surface area contributed by atoms with Crippen molar-refractivity contribution in [1.29, 1.82) is 0 Å². The number of carboxylic acid groups (broad SMARTS) is 2. The van der Waals surface area contributed by atoms with Gasteiger partial charge in [-0.25, -0.2) is 4.79 Å². The number of nitrogens with one attached hydrogen (secondary N) is 8. The molecule has 0 saturated heterocycles. The van der Waals surface area contributed by atoms with E-state index in [4.69, 9.17) is 5.73 Å². The molecule has 324 valence electrons. The van der Waals surface area contributed by atoms with E-state index in [9.17, 15) is 63.3 Å². The molecule has 22 nitrogen and oxygen atoms in total. The van der Waals surface area contributed by atoms with E-state index in [1.54, 1.807) is 37.4 Å². The second-order valence-electron chi connectivity index (χ2n) is 14.0. The second-order valence-corrected chi connectivity index (χ2v) is 14.0. The summed E-state index contributed by atoms with van der Waals surface area (Å²) in [7, 11) is 0. The van der Waals surface area contributed by atoms with Gasteiger partial charge in [0.25, 0.3) is 0 Å². The first-order valence-electron chi connectivity index (χ1n) is 18.7. The number of aliphatic hydroxyl groups excluding tert-OH is 1. The number of fused-ring (bicyclic) bond motifs is 1. The molecule has 2 aromatic rings. The van der Waals surface area contributed by atoms with Crippen LogP contribution in [-0.2, 0) is 54.4 Å². The van der Waals surface area contributed by atoms with Crippen molar-refractivity contribution < 1.29 is 63.3 Å². The average molecular weight is 832 g/mol. The number of aliphatic carboxylic acids is 2. The van der Waals surface area contributed by atoms with Crippen molar-refractivity contribution >= 4 is 70.1 Å². The molecule has 8 atom stereocenters. The van der Waals surface area contributed by atoms with Crippen LogP contribution in [0.2, 0.25) is 0 Å². The van der Waals surface area contributed by atoms with Gasteiger partial charge in [0.15, 0.2) is 0 Å². The summed E-state index contributed by atoms with van der Waals surface area (Å²) < 4.78 is 0. The Morgan fingerprint density at radius 1 is 0.695 bits per heavy atom. The zero-order chi connectivity index (χ0) is 44.6. The first kappa shape index (κ1) is 48.6. The van der Waals surface area contributed by atoms with Crippen molar-refractivity contribution in [3.8, 4) is 0 Å². The maximum Gasteiger partial charge on any atom is 0.326 e. The van der Waals surface area contributed by atoms with Crippen molar-refractivity contribution in [2.75, 3.05) is 6.61 Å². The minimum absolute atomic E-state index is 0.161. The van der Waals surface area contributed by atoms with E-state index in [1.807, 2.05) is 0 Å². The summed E-state index contributed by atoms with van der Waals surface area (Å²) in [6.07, 6.45) is -0.0868. The standard InChI is InChI=1S/C37H53N9O13/c1-6-17(2)30(46-34(55)25(14-29(50)51)43-32(53)19(4)41-31(52)18(3)40-20(5)48)36(57)45-27(16-47)35(56)42-24(11-12-28(38)49)33(54)44-26(37(58)59)13-21-15-39-23-10-8-7-9-22(21)23/h7-10,15,17-19,24-27,30,39,47H,6,11-14,16H2,1-5H3,(H2,38,49)(H,40,48)(H,41,52)(H,42,56)(H,43,53)(H,44,54)(H,45,57)(H,46,55)(H,50,51)(H,58,59). The fourth-order valence-corrected chi connectivity index (χ4v) is 5.69. The molecule has 8 unspecified atom stereocenters. The Kier molecular flexibility index (Phi) is 18.9. The average Bonchev–Trinajstić information content (AvgIpc) is 3.58. The number of nitrogens with two attached hydrogens (primary N) is 1. The molecule has 22 heteroatoms. The van der Waals surface area contributed by atoms with Gasteiger partial charge in [0.1, 0.15) is 42.3 Å². The highest BCUT2D eigenvalue weighted by Gasteiger charge is 2.35. The normalized spacial score (nSPS) is 15.0. The van der Waals surface area contributed by atoms with Gasteiger partial charge in [-0.15, -0.1) is 0 Å². The van der Waals surface area contributed by atoms with Gasteiger partial charge in [-0.05, 0) is 37.8 Å². The predicted octanol–water partition coefficient (Wildman–Crippen LogP) is -2.97. The number of carboxylic acids is 2. The summed E-state index contributed by atoms with van der Waals surface area (Å²) in [6.45, 7) is 5.94. The molecule has 0 aliphatic heterocycles. The molecule has 13 N–H and O–H groups in total. The zero-order valence-electron chi connectivity index (χ0n) is 33.2. The van der Waals surface area contributed by atoms with Crippen LogP contribution in [-0.4, -0.2) is 128 Å². The number of aliphatic hydroxyl groups is 1. The Labute approximate surface area is 338 Å². The maximum absolute atomic E-state index is 13.6. The van der Waals surface area contributed by atoms with E-state index < -0.39 is 133 Å². The predicted molar refractivity (Wildman–Crippen MR) is 207 cm³/mol. The fraction of sp³-hybridized carbons (Fsp3) is 0.514. The van der Waals surface area contributed by atoms with Crippen LogP contribution in [0.1, 0.15) is 65.9 Å². The van der Waals surface area contributed by atoms with Gasteiger partial charge >= 0.3 is 11.9 Å². The van der Waals surface area contributed by atoms with Crippen LogP contribution in [0, 0.1) is 5.92 Å². The molecule has 0 fully saturated rings. The van der Waals surface area contributed by atoms with Gasteiger partial charge in [-0.2, -0.15) is 0 Å². The third-order valence-electron chi connectivity index (χ3n) is 9.21. The van der Waals surface area contributed by atoms with Crippen LogP contribution < -0.4 is 43.0 Å². The number of H-pyrrole nitrogens is 1. The van der Waals surface area contributed by atoms with Crippen LogP contribution in [0.5, 0.6) is 0 Å². The number of carbonyl (C=O) groups is 10. The Hall–Kier alpha value is -6.58. The molecule has 0 saturated carbocycles. The molecule has 0 aliphatic carbocycles. The number of aromatic amines is 1. The zero-order valence-corrected chi connectivity index (χ0v) is 33.2. The summed E-state index contributed by atoms with van der Waals surface area (Å²) in [4.78, 5) is 129. The third kappa shape index (κ3) is 15.4. The monoisotopic (exact) mass is 831 g/mol. The lowest BCUT2D eigenvalue weighted by Crippen LogP contribution is -2.61. The van der Waals surface area contributed by atoms with Crippen molar-refractivity contribution in [3.05, 3.63) is 36.0 Å². The van der Waals surface area contributed by atoms with Crippen LogP contribution in [0.3, 0.4) is 0 Å². The summed E-state index contributed by atoms with van der Waals surface area (Å²) >= 11 is 0. The van der Waals surface area contributed by atoms with E-state index in [1.165, 1.54) is 27.7 Å². The van der Waals surface area contributed by atoms with Crippen LogP contribution in [0.4, 0.5) is 0 Å². The number of amides is 8. The lowest BCUT2D eigenvalue weighted by atomic mass is 9.97. The number of hydrogen-bond acceptors (Lipinski definition) is 11. The SMILES string of the molecule is CCC(C)C(NC(=O)C(CC(=O)O)NC(=O)C(C)NC(=O)C(C)NC(C)=O)C(=O)NC(CO)C(=O)NC(CCC(N)=O)C(=O)NC(Cc1c[nH]c2ccccc12)C(=O)O. The summed E-state index contributed by atoms with van der Waals surface area (Å²) in [5.41, 5.74) is 6.57. The number of carbonyl (C=O) groups excluding carboxylic acids is 8. The molecule has 1 heterocycles. The third-order valence-corrected chi connectivity index (χ3v) is 9.21. The molecule has 0 radical (unpaired) electrons. The molecular weight excluding hydrogens is 778 g/mol. The van der Waals surface area contributed by atoms with E-state index in [0.717, 1.165) is 5.52 Å². The Morgan fingerprint density at radius 3 is 1.81 bits per heavy atom. The van der Waals surface area contributed by atoms with Crippen molar-refractivity contribution in [2.45, 2.75) is 109 Å². The summed E-state index contributed by atoms with van der Waals surface area (Å²) in [5, 5.41) is 46.4. The molecule has 8 amide bonds. The molecule has 1 aromatic carbocycles. The van der Waals surface area contributed by atoms with Crippen molar-refractivity contribution in [3.63, 3.8) is 0 Å². The minimum Gasteiger partial charge on any atom is -0.481 e. The number of primary amides is 1. The smallest absolute Gasteiger partial charge is 0.326 e. The molecule has 0 spiro atoms. The topological polar surface area (TPSA) is 357 Å². The largest absolute Gasteiger partial charge is 0.481 e. The van der Waals surface area contributed by atoms with Gasteiger partial charge < -0.3 is 63.3 Å². The maximum atomic E-state index is 13.6. The first-order chi connectivity index (χ1) is 27.7. The second kappa shape index (κ2) is 23.0. The van der Waals surface area contributed by atoms with Crippen LogP contribution in [0.15, 0.2) is 30.5 Å². The van der Waals surface area contributed by atoms with Crippen molar-refractivity contribution in [1.82, 2.24) is 42.2 Å². The lowest BCUT2D eigenvalue weighted by Gasteiger charge is -2.28. The Morgan fingerprint density at radius 2 is 1.24 bits per heavy atom. The van der Waals surface area contributed by atoms with Gasteiger partial charge in [0.2, 0.25) is 47.3 Å². The van der Waals surface area contributed by atoms with Gasteiger partial charge in [0, 0.05) is 36.9 Å². The van der Waals surface area contributed by atoms with Crippen LogP contribution >= 0.6 is 0 Å². The first-order valence-corrected chi connectivity index (χ1v) is 18.7. The van der Waals surface area contributed by atoms with E-state index in [2.05, 4.69) is 42.2 Å². The van der Waals surface area contributed by atoms with Gasteiger partial charge in [-0.1, -0.05) is 38.5 Å². The number of hydrogen-bond donors (Lipinski definition) is 12. The van der Waals surface area contributed by atoms with E-state index >= 15 is 0 Å². The number of rotatable bonds is 24. The summed E-state index contributed by atoms with van der Waals surface area (Å²) in [5.74, 6) is -11.0. The Balaban J connectivity index is 2.22. The highest BCUT2D eigenvalue weighted by molar-refractivity contribution is 5.98. The van der Waals surface area contributed by atoms with Crippen LogP contribution in [0.25, 0.3) is 10.9 Å². The van der Waals surface area contributed by atoms with E-state index in [0.29, 0.717) is 10.9 Å². The molecule has 59 heavy (non-hydrogen) atoms. The quantitative estimate of drug-likeness (QED) is 0.0503.